The summed E-state index contributed by atoms with van der Waals surface area (Å²) in [5, 5.41) is -0.164. The number of anilines is 1. The van der Waals surface area contributed by atoms with E-state index in [1.165, 1.54) is 34.6 Å². The number of amides is 2. The van der Waals surface area contributed by atoms with E-state index < -0.39 is 0 Å². The zero-order valence-corrected chi connectivity index (χ0v) is 17.2. The van der Waals surface area contributed by atoms with Gasteiger partial charge in [0.15, 0.2) is 0 Å². The molecule has 0 bridgehead atoms. The molecule has 1 saturated heterocycles. The van der Waals surface area contributed by atoms with Crippen LogP contribution in [0.3, 0.4) is 0 Å². The Kier molecular flexibility index (Phi) is 4.92. The van der Waals surface area contributed by atoms with Crippen LogP contribution in [0.25, 0.3) is 6.08 Å². The highest BCUT2D eigenvalue weighted by Crippen LogP contribution is 2.38. The fourth-order valence-electron chi connectivity index (χ4n) is 4.64. The Labute approximate surface area is 175 Å². The maximum Gasteiger partial charge on any atom is 0.293 e. The molecule has 5 rings (SSSR count). The lowest BCUT2D eigenvalue weighted by molar-refractivity contribution is -0.122. The number of imide groups is 1. The van der Waals surface area contributed by atoms with E-state index >= 15 is 0 Å². The maximum atomic E-state index is 12.9. The van der Waals surface area contributed by atoms with Gasteiger partial charge in [0.1, 0.15) is 0 Å². The van der Waals surface area contributed by atoms with Crippen molar-refractivity contribution in [2.75, 3.05) is 24.5 Å². The first-order chi connectivity index (χ1) is 14.2. The van der Waals surface area contributed by atoms with E-state index in [4.69, 9.17) is 0 Å². The van der Waals surface area contributed by atoms with Crippen LogP contribution >= 0.6 is 11.8 Å². The molecule has 0 spiro atoms. The van der Waals surface area contributed by atoms with Crippen molar-refractivity contribution in [1.82, 2.24) is 4.90 Å². The standard InChI is InChI=1S/C24H24N2O2S/c27-23-21(29-24(28)26(23)13-10-17-6-2-1-3-7-17)16-18-14-19-8-4-11-25-12-5-9-20(15-18)22(19)25/h1-3,6-7,14-16H,4-5,8-13H2. The van der Waals surface area contributed by atoms with Crippen molar-refractivity contribution in [2.24, 2.45) is 0 Å². The number of carbonyl (C=O) groups excluding carboxylic acids is 2. The highest BCUT2D eigenvalue weighted by molar-refractivity contribution is 8.18. The first-order valence-corrected chi connectivity index (χ1v) is 11.2. The number of hydrogen-bond donors (Lipinski definition) is 0. The number of carbonyl (C=O) groups is 2. The third kappa shape index (κ3) is 3.60. The van der Waals surface area contributed by atoms with Gasteiger partial charge in [-0.15, -0.1) is 0 Å². The van der Waals surface area contributed by atoms with Gasteiger partial charge in [0, 0.05) is 25.3 Å². The van der Waals surface area contributed by atoms with Crippen LogP contribution in [0, 0.1) is 0 Å². The van der Waals surface area contributed by atoms with Crippen LogP contribution in [0.15, 0.2) is 47.4 Å². The van der Waals surface area contributed by atoms with Gasteiger partial charge in [-0.3, -0.25) is 14.5 Å². The van der Waals surface area contributed by atoms with Gasteiger partial charge in [-0.1, -0.05) is 30.3 Å². The summed E-state index contributed by atoms with van der Waals surface area (Å²) in [6.45, 7) is 2.73. The maximum absolute atomic E-state index is 12.9. The molecule has 0 aliphatic carbocycles. The van der Waals surface area contributed by atoms with Gasteiger partial charge in [-0.25, -0.2) is 0 Å². The van der Waals surface area contributed by atoms with Gasteiger partial charge >= 0.3 is 0 Å². The summed E-state index contributed by atoms with van der Waals surface area (Å²) >= 11 is 1.07. The Morgan fingerprint density at radius 3 is 2.34 bits per heavy atom. The number of nitrogens with zero attached hydrogens (tertiary/aromatic N) is 2. The molecule has 2 amide bonds. The summed E-state index contributed by atoms with van der Waals surface area (Å²) in [6, 6.07) is 14.4. The average Bonchev–Trinajstić information content (AvgIpc) is 3.00. The lowest BCUT2D eigenvalue weighted by atomic mass is 9.90. The Morgan fingerprint density at radius 1 is 0.966 bits per heavy atom. The van der Waals surface area contributed by atoms with Gasteiger partial charge in [0.2, 0.25) is 0 Å². The molecule has 0 aromatic heterocycles. The first kappa shape index (κ1) is 18.5. The van der Waals surface area contributed by atoms with Crippen LogP contribution in [0.4, 0.5) is 10.5 Å². The number of rotatable bonds is 4. The van der Waals surface area contributed by atoms with Crippen molar-refractivity contribution in [2.45, 2.75) is 32.1 Å². The van der Waals surface area contributed by atoms with Crippen molar-refractivity contribution < 1.29 is 9.59 Å². The molecule has 0 unspecified atom stereocenters. The van der Waals surface area contributed by atoms with Gasteiger partial charge < -0.3 is 4.90 Å². The molecule has 0 saturated carbocycles. The molecule has 0 atom stereocenters. The summed E-state index contributed by atoms with van der Waals surface area (Å²) in [4.78, 5) is 29.7. The predicted octanol–water partition coefficient (Wildman–Crippen LogP) is 4.66. The largest absolute Gasteiger partial charge is 0.371 e. The minimum Gasteiger partial charge on any atom is -0.371 e. The van der Waals surface area contributed by atoms with E-state index in [1.54, 1.807) is 0 Å². The number of benzene rings is 2. The molecule has 2 aromatic carbocycles. The van der Waals surface area contributed by atoms with Crippen LogP contribution < -0.4 is 4.90 Å². The van der Waals surface area contributed by atoms with Gasteiger partial charge in [-0.05, 0) is 84.3 Å². The third-order valence-electron chi connectivity index (χ3n) is 5.99. The molecule has 29 heavy (non-hydrogen) atoms. The van der Waals surface area contributed by atoms with Crippen LogP contribution in [-0.4, -0.2) is 35.7 Å². The Morgan fingerprint density at radius 2 is 1.66 bits per heavy atom. The second-order valence-corrected chi connectivity index (χ2v) is 8.94. The second kappa shape index (κ2) is 7.71. The zero-order chi connectivity index (χ0) is 19.8. The first-order valence-electron chi connectivity index (χ1n) is 10.4. The molecule has 2 aromatic rings. The molecule has 3 aliphatic rings. The van der Waals surface area contributed by atoms with Crippen molar-refractivity contribution in [1.29, 1.82) is 0 Å². The van der Waals surface area contributed by atoms with Crippen molar-refractivity contribution in [3.05, 3.63) is 69.6 Å². The lowest BCUT2D eigenvalue weighted by Gasteiger charge is -2.37. The van der Waals surface area contributed by atoms with E-state index in [9.17, 15) is 9.59 Å². The molecule has 148 valence electrons. The van der Waals surface area contributed by atoms with E-state index in [1.807, 2.05) is 36.4 Å². The topological polar surface area (TPSA) is 40.6 Å². The number of aryl methyl sites for hydroxylation is 2. The number of hydrogen-bond acceptors (Lipinski definition) is 4. The highest BCUT2D eigenvalue weighted by Gasteiger charge is 2.35. The molecule has 0 N–H and O–H groups in total. The Hall–Kier alpha value is -2.53. The van der Waals surface area contributed by atoms with Crippen LogP contribution in [0.2, 0.25) is 0 Å². The smallest absolute Gasteiger partial charge is 0.293 e. The summed E-state index contributed by atoms with van der Waals surface area (Å²) in [7, 11) is 0. The van der Waals surface area contributed by atoms with Crippen molar-refractivity contribution in [3.63, 3.8) is 0 Å². The zero-order valence-electron chi connectivity index (χ0n) is 16.4. The molecule has 0 radical (unpaired) electrons. The minimum atomic E-state index is -0.164. The fourth-order valence-corrected chi connectivity index (χ4v) is 5.51. The van der Waals surface area contributed by atoms with Crippen LogP contribution in [0.5, 0.6) is 0 Å². The van der Waals surface area contributed by atoms with Crippen LogP contribution in [-0.2, 0) is 24.1 Å². The fraction of sp³-hybridized carbons (Fsp3) is 0.333. The molecule has 3 heterocycles. The molecule has 3 aliphatic heterocycles. The van der Waals surface area contributed by atoms with Crippen LogP contribution in [0.1, 0.15) is 35.1 Å². The average molecular weight is 405 g/mol. The van der Waals surface area contributed by atoms with E-state index in [2.05, 4.69) is 17.0 Å². The van der Waals surface area contributed by atoms with E-state index in [0.717, 1.165) is 48.8 Å². The minimum absolute atomic E-state index is 0.163. The molecular formula is C24H24N2O2S. The summed E-state index contributed by atoms with van der Waals surface area (Å²) in [5.74, 6) is -0.163. The summed E-state index contributed by atoms with van der Waals surface area (Å²) in [5.41, 5.74) is 6.39. The van der Waals surface area contributed by atoms with Crippen molar-refractivity contribution >= 4 is 34.7 Å². The predicted molar refractivity (Wildman–Crippen MR) is 118 cm³/mol. The molecule has 5 heteroatoms. The SMILES string of the molecule is O=C1SC(=Cc2cc3c4c(c2)CCCN4CCC3)C(=O)N1CCc1ccccc1. The number of thioether (sulfide) groups is 1. The summed E-state index contributed by atoms with van der Waals surface area (Å²) in [6.07, 6.45) is 7.17. The van der Waals surface area contributed by atoms with E-state index in [0.29, 0.717) is 17.9 Å². The highest BCUT2D eigenvalue weighted by atomic mass is 32.2. The molecular weight excluding hydrogens is 380 g/mol. The van der Waals surface area contributed by atoms with Gasteiger partial charge in [-0.2, -0.15) is 0 Å². The molecule has 4 nitrogen and oxygen atoms in total. The monoisotopic (exact) mass is 404 g/mol. The van der Waals surface area contributed by atoms with E-state index in [-0.39, 0.29) is 11.1 Å². The molecule has 1 fully saturated rings. The lowest BCUT2D eigenvalue weighted by Crippen LogP contribution is -2.34. The Bertz CT molecular complexity index is 968. The second-order valence-electron chi connectivity index (χ2n) is 7.95. The van der Waals surface area contributed by atoms with Crippen molar-refractivity contribution in [3.8, 4) is 0 Å². The normalized spacial score (nSPS) is 19.8. The summed E-state index contributed by atoms with van der Waals surface area (Å²) < 4.78 is 0. The quantitative estimate of drug-likeness (QED) is 0.695. The Balaban J connectivity index is 1.37. The van der Waals surface area contributed by atoms with Gasteiger partial charge in [0.05, 0.1) is 4.91 Å². The van der Waals surface area contributed by atoms with Gasteiger partial charge in [0.25, 0.3) is 11.1 Å². The third-order valence-corrected chi connectivity index (χ3v) is 6.90.